The van der Waals surface area contributed by atoms with E-state index in [1.54, 1.807) is 6.07 Å². The first kappa shape index (κ1) is 15.4. The number of phenols is 1. The van der Waals surface area contributed by atoms with E-state index in [1.165, 1.54) is 12.1 Å². The molecule has 0 aromatic heterocycles. The van der Waals surface area contributed by atoms with Crippen LogP contribution in [0.5, 0.6) is 5.75 Å². The molecule has 2 aliphatic rings. The summed E-state index contributed by atoms with van der Waals surface area (Å²) in [5, 5.41) is 12.8. The van der Waals surface area contributed by atoms with Gasteiger partial charge in [0.05, 0.1) is 22.1 Å². The average molecular weight is 318 g/mol. The summed E-state index contributed by atoms with van der Waals surface area (Å²) in [6.45, 7) is 2.74. The lowest BCUT2D eigenvalue weighted by Crippen LogP contribution is -2.58. The Morgan fingerprint density at radius 2 is 2.00 bits per heavy atom. The molecule has 0 aliphatic carbocycles. The highest BCUT2D eigenvalue weighted by Gasteiger charge is 2.35. The Hall–Kier alpha value is -1.01. The first-order valence-electron chi connectivity index (χ1n) is 6.40. The second-order valence-electron chi connectivity index (χ2n) is 4.84. The Morgan fingerprint density at radius 1 is 1.30 bits per heavy atom. The van der Waals surface area contributed by atoms with Crippen molar-refractivity contribution in [2.45, 2.75) is 18.5 Å². The molecule has 110 valence electrons. The van der Waals surface area contributed by atoms with Crippen molar-refractivity contribution in [3.05, 3.63) is 28.2 Å². The molecule has 4 N–H and O–H groups in total. The van der Waals surface area contributed by atoms with Gasteiger partial charge in [-0.25, -0.2) is 0 Å². The van der Waals surface area contributed by atoms with E-state index in [0.29, 0.717) is 16.1 Å². The van der Waals surface area contributed by atoms with Gasteiger partial charge in [0, 0.05) is 19.6 Å². The van der Waals surface area contributed by atoms with Gasteiger partial charge in [-0.1, -0.05) is 23.2 Å². The molecular weight excluding hydrogens is 301 g/mol. The van der Waals surface area contributed by atoms with Gasteiger partial charge in [0.15, 0.2) is 0 Å². The summed E-state index contributed by atoms with van der Waals surface area (Å²) in [5.74, 6) is 0.265. The Bertz CT molecular complexity index is 495. The van der Waals surface area contributed by atoms with E-state index >= 15 is 0 Å². The summed E-state index contributed by atoms with van der Waals surface area (Å²) < 4.78 is 0. The minimum absolute atomic E-state index is 0.129. The van der Waals surface area contributed by atoms with E-state index in [1.807, 2.05) is 4.90 Å². The van der Waals surface area contributed by atoms with Gasteiger partial charge in [-0.05, 0) is 24.6 Å². The molecule has 2 heterocycles. The van der Waals surface area contributed by atoms with Crippen LogP contribution in [0.4, 0.5) is 0 Å². The highest BCUT2D eigenvalue weighted by Crippen LogP contribution is 2.25. The number of nitrogens with one attached hydrogen (secondary N) is 1. The van der Waals surface area contributed by atoms with Crippen molar-refractivity contribution in [3.63, 3.8) is 0 Å². The van der Waals surface area contributed by atoms with E-state index in [-0.39, 0.29) is 17.7 Å². The molecule has 5 nitrogen and oxygen atoms in total. The fourth-order valence-electron chi connectivity index (χ4n) is 2.07. The summed E-state index contributed by atoms with van der Waals surface area (Å²) in [6, 6.07) is 4.61. The van der Waals surface area contributed by atoms with Crippen LogP contribution in [0.1, 0.15) is 6.42 Å². The molecule has 0 saturated carbocycles. The van der Waals surface area contributed by atoms with Crippen LogP contribution in [0.2, 0.25) is 10.0 Å². The van der Waals surface area contributed by atoms with E-state index < -0.39 is 0 Å². The fourth-order valence-corrected chi connectivity index (χ4v) is 2.36. The molecule has 1 aromatic rings. The zero-order valence-electron chi connectivity index (χ0n) is 10.9. The van der Waals surface area contributed by atoms with Crippen molar-refractivity contribution in [3.8, 4) is 5.75 Å². The second-order valence-corrected chi connectivity index (χ2v) is 5.65. The number of phenolic OH excluding ortho intramolecular Hbond substituents is 1. The number of halogens is 2. The van der Waals surface area contributed by atoms with Crippen LogP contribution < -0.4 is 11.1 Å². The minimum Gasteiger partial charge on any atom is -0.508 e. The summed E-state index contributed by atoms with van der Waals surface area (Å²) in [5.41, 5.74) is 5.57. The molecule has 1 atom stereocenters. The van der Waals surface area contributed by atoms with Gasteiger partial charge >= 0.3 is 0 Å². The van der Waals surface area contributed by atoms with Gasteiger partial charge in [0.1, 0.15) is 5.75 Å². The number of nitrogens with two attached hydrogens (primary N) is 1. The van der Waals surface area contributed by atoms with Crippen molar-refractivity contribution in [1.29, 1.82) is 0 Å². The maximum absolute atomic E-state index is 11.3. The van der Waals surface area contributed by atoms with Gasteiger partial charge in [0.25, 0.3) is 0 Å². The maximum atomic E-state index is 11.3. The lowest BCUT2D eigenvalue weighted by Gasteiger charge is -2.35. The number of aromatic hydroxyl groups is 1. The molecule has 1 aromatic carbocycles. The molecule has 0 bridgehead atoms. The second kappa shape index (κ2) is 6.63. The lowest BCUT2D eigenvalue weighted by molar-refractivity contribution is -0.131. The van der Waals surface area contributed by atoms with Crippen molar-refractivity contribution in [2.24, 2.45) is 5.73 Å². The Labute approximate surface area is 127 Å². The maximum Gasteiger partial charge on any atom is 0.239 e. The third-order valence-electron chi connectivity index (χ3n) is 3.39. The number of amides is 1. The number of benzene rings is 1. The summed E-state index contributed by atoms with van der Waals surface area (Å²) in [4.78, 5) is 13.2. The SMILES string of the molecule is NC1CCN(C2CNC2)C1=O.Oc1ccc(Cl)c(Cl)c1. The monoisotopic (exact) mass is 317 g/mol. The molecule has 20 heavy (non-hydrogen) atoms. The summed E-state index contributed by atoms with van der Waals surface area (Å²) in [7, 11) is 0. The lowest BCUT2D eigenvalue weighted by atomic mass is 10.1. The number of rotatable bonds is 1. The van der Waals surface area contributed by atoms with Crippen LogP contribution in [0.3, 0.4) is 0 Å². The Balaban J connectivity index is 0.000000151. The quantitative estimate of drug-likeness (QED) is 0.727. The number of carbonyl (C=O) groups excluding carboxylic acids is 1. The molecule has 3 rings (SSSR count). The Morgan fingerprint density at radius 3 is 2.40 bits per heavy atom. The Kier molecular flexibility index (Phi) is 5.10. The molecule has 1 unspecified atom stereocenters. The average Bonchev–Trinajstić information content (AvgIpc) is 2.66. The molecule has 0 spiro atoms. The first-order valence-corrected chi connectivity index (χ1v) is 7.15. The van der Waals surface area contributed by atoms with Crippen LogP contribution in [0, 0.1) is 0 Å². The topological polar surface area (TPSA) is 78.6 Å². The molecule has 0 radical (unpaired) electrons. The zero-order chi connectivity index (χ0) is 14.7. The largest absolute Gasteiger partial charge is 0.508 e. The van der Waals surface area contributed by atoms with Crippen LogP contribution in [-0.2, 0) is 4.79 Å². The van der Waals surface area contributed by atoms with E-state index in [2.05, 4.69) is 5.32 Å². The molecular formula is C13H17Cl2N3O2. The zero-order valence-corrected chi connectivity index (χ0v) is 12.4. The highest BCUT2D eigenvalue weighted by molar-refractivity contribution is 6.42. The van der Waals surface area contributed by atoms with Crippen LogP contribution in [-0.4, -0.2) is 47.6 Å². The number of nitrogens with zero attached hydrogens (tertiary/aromatic N) is 1. The van der Waals surface area contributed by atoms with Crippen LogP contribution in [0.15, 0.2) is 18.2 Å². The molecule has 1 amide bonds. The van der Waals surface area contributed by atoms with Crippen molar-refractivity contribution in [1.82, 2.24) is 10.2 Å². The third-order valence-corrected chi connectivity index (χ3v) is 4.12. The number of hydrogen-bond donors (Lipinski definition) is 3. The van der Waals surface area contributed by atoms with Crippen molar-refractivity contribution >= 4 is 29.1 Å². The van der Waals surface area contributed by atoms with E-state index in [9.17, 15) is 4.79 Å². The van der Waals surface area contributed by atoms with Crippen LogP contribution in [0.25, 0.3) is 0 Å². The van der Waals surface area contributed by atoms with Crippen LogP contribution >= 0.6 is 23.2 Å². The molecule has 2 aliphatic heterocycles. The smallest absolute Gasteiger partial charge is 0.239 e. The third kappa shape index (κ3) is 3.55. The first-order chi connectivity index (χ1) is 9.49. The molecule has 7 heteroatoms. The van der Waals surface area contributed by atoms with Gasteiger partial charge in [0.2, 0.25) is 5.91 Å². The van der Waals surface area contributed by atoms with E-state index in [4.69, 9.17) is 34.0 Å². The van der Waals surface area contributed by atoms with Crippen molar-refractivity contribution in [2.75, 3.05) is 19.6 Å². The standard InChI is InChI=1S/C7H13N3O.C6H4Cl2O/c8-6-1-2-10(7(6)11)5-3-9-4-5;7-5-2-1-4(9)3-6(5)8/h5-6,9H,1-4,8H2;1-3,9H. The predicted molar refractivity (Wildman–Crippen MR) is 79.1 cm³/mol. The van der Waals surface area contributed by atoms with Gasteiger partial charge in [-0.3, -0.25) is 4.79 Å². The number of carbonyl (C=O) groups is 1. The van der Waals surface area contributed by atoms with Gasteiger partial charge < -0.3 is 21.1 Å². The molecule has 2 fully saturated rings. The molecule has 2 saturated heterocycles. The van der Waals surface area contributed by atoms with Gasteiger partial charge in [-0.2, -0.15) is 0 Å². The summed E-state index contributed by atoms with van der Waals surface area (Å²) >= 11 is 11.1. The summed E-state index contributed by atoms with van der Waals surface area (Å²) in [6.07, 6.45) is 0.829. The number of hydrogen-bond acceptors (Lipinski definition) is 4. The van der Waals surface area contributed by atoms with Crippen molar-refractivity contribution < 1.29 is 9.90 Å². The predicted octanol–water partition coefficient (Wildman–Crippen LogP) is 1.22. The van der Waals surface area contributed by atoms with E-state index in [0.717, 1.165) is 26.1 Å². The normalized spacial score (nSPS) is 22.2. The fraction of sp³-hybridized carbons (Fsp3) is 0.462. The number of likely N-dealkylation sites (tertiary alicyclic amines) is 1. The minimum atomic E-state index is -0.226. The highest BCUT2D eigenvalue weighted by atomic mass is 35.5. The van der Waals surface area contributed by atoms with Gasteiger partial charge in [-0.15, -0.1) is 0 Å².